The quantitative estimate of drug-likeness (QED) is 0.508. The number of hydrogen-bond acceptors (Lipinski definition) is 1. The van der Waals surface area contributed by atoms with Crippen molar-refractivity contribution in [3.05, 3.63) is 81.3 Å². The zero-order chi connectivity index (χ0) is 17.4. The number of fused-ring (bicyclic) bond motifs is 2. The lowest BCUT2D eigenvalue weighted by molar-refractivity contribution is 0.203. The van der Waals surface area contributed by atoms with Gasteiger partial charge in [0.15, 0.2) is 0 Å². The molecule has 1 nitrogen and oxygen atoms in total. The van der Waals surface area contributed by atoms with Crippen LogP contribution >= 0.6 is 23.2 Å². The van der Waals surface area contributed by atoms with Crippen molar-refractivity contribution in [1.82, 2.24) is 4.90 Å². The van der Waals surface area contributed by atoms with E-state index in [0.717, 1.165) is 25.9 Å². The molecule has 1 atom stereocenters. The maximum Gasteiger partial charge on any atom is 0.0595 e. The van der Waals surface area contributed by atoms with Gasteiger partial charge in [-0.3, -0.25) is 4.90 Å². The van der Waals surface area contributed by atoms with Gasteiger partial charge in [-0.2, -0.15) is 0 Å². The van der Waals surface area contributed by atoms with E-state index in [9.17, 15) is 0 Å². The summed E-state index contributed by atoms with van der Waals surface area (Å²) in [7, 11) is 0. The van der Waals surface area contributed by atoms with Crippen LogP contribution in [-0.2, 0) is 19.5 Å². The molecule has 0 N–H and O–H groups in total. The number of halogens is 2. The highest BCUT2D eigenvalue weighted by atomic mass is 35.5. The van der Waals surface area contributed by atoms with Crippen molar-refractivity contribution in [2.24, 2.45) is 0 Å². The molecule has 0 bridgehead atoms. The molecule has 0 saturated carbocycles. The first kappa shape index (κ1) is 16.9. The molecule has 4 rings (SSSR count). The summed E-state index contributed by atoms with van der Waals surface area (Å²) in [6.45, 7) is 4.41. The minimum atomic E-state index is 0.532. The standard InChI is InChI=1S/C22H21Cl2N/c1-15(6-7-16-8-9-21(23)22(24)10-16)25-13-19-11-17-4-2-3-5-18(17)12-20(19)14-25/h2-5,8-12,15H,6-7,13-14H2,1H3. The first-order chi connectivity index (χ1) is 12.1. The van der Waals surface area contributed by atoms with E-state index in [1.54, 1.807) is 0 Å². The Hall–Kier alpha value is -1.54. The van der Waals surface area contributed by atoms with Crippen molar-refractivity contribution >= 4 is 34.0 Å². The lowest BCUT2D eigenvalue weighted by Gasteiger charge is -2.23. The van der Waals surface area contributed by atoms with Gasteiger partial charge in [0.05, 0.1) is 10.0 Å². The van der Waals surface area contributed by atoms with Gasteiger partial charge in [-0.05, 0) is 71.5 Å². The van der Waals surface area contributed by atoms with E-state index >= 15 is 0 Å². The molecule has 1 aliphatic heterocycles. The highest BCUT2D eigenvalue weighted by Gasteiger charge is 2.23. The van der Waals surface area contributed by atoms with Gasteiger partial charge in [-0.1, -0.05) is 53.5 Å². The molecule has 0 amide bonds. The molecule has 1 heterocycles. The highest BCUT2D eigenvalue weighted by Crippen LogP contribution is 2.30. The molecule has 0 saturated heterocycles. The molecule has 1 aliphatic rings. The summed E-state index contributed by atoms with van der Waals surface area (Å²) in [4.78, 5) is 2.57. The van der Waals surface area contributed by atoms with E-state index in [4.69, 9.17) is 23.2 Å². The summed E-state index contributed by atoms with van der Waals surface area (Å²) < 4.78 is 0. The molecule has 0 fully saturated rings. The zero-order valence-electron chi connectivity index (χ0n) is 14.3. The molecule has 3 heteroatoms. The summed E-state index contributed by atoms with van der Waals surface area (Å²) in [6.07, 6.45) is 2.14. The molecular weight excluding hydrogens is 349 g/mol. The van der Waals surface area contributed by atoms with Gasteiger partial charge < -0.3 is 0 Å². The van der Waals surface area contributed by atoms with Gasteiger partial charge in [-0.15, -0.1) is 0 Å². The number of nitrogens with zero attached hydrogens (tertiary/aromatic N) is 1. The normalized spacial score (nSPS) is 15.5. The first-order valence-corrected chi connectivity index (χ1v) is 9.54. The molecule has 0 radical (unpaired) electrons. The van der Waals surface area contributed by atoms with E-state index in [2.05, 4.69) is 54.3 Å². The molecule has 128 valence electrons. The third kappa shape index (κ3) is 3.55. The largest absolute Gasteiger partial charge is 0.292 e. The van der Waals surface area contributed by atoms with Gasteiger partial charge in [0.25, 0.3) is 0 Å². The van der Waals surface area contributed by atoms with Crippen LogP contribution in [0, 0.1) is 0 Å². The topological polar surface area (TPSA) is 3.24 Å². The van der Waals surface area contributed by atoms with E-state index in [1.807, 2.05) is 12.1 Å². The smallest absolute Gasteiger partial charge is 0.0595 e. The van der Waals surface area contributed by atoms with Crippen LogP contribution in [0.4, 0.5) is 0 Å². The SMILES string of the molecule is CC(CCc1ccc(Cl)c(Cl)c1)N1Cc2cc3ccccc3cc2C1. The Morgan fingerprint density at radius 1 is 0.880 bits per heavy atom. The van der Waals surface area contributed by atoms with E-state index in [0.29, 0.717) is 16.1 Å². The predicted molar refractivity (Wildman–Crippen MR) is 107 cm³/mol. The fraction of sp³-hybridized carbons (Fsp3) is 0.273. The fourth-order valence-electron chi connectivity index (χ4n) is 3.69. The minimum Gasteiger partial charge on any atom is -0.292 e. The molecule has 0 aliphatic carbocycles. The summed E-state index contributed by atoms with van der Waals surface area (Å²) in [5.41, 5.74) is 4.20. The average Bonchev–Trinajstić information content (AvgIpc) is 3.03. The average molecular weight is 370 g/mol. The summed E-state index contributed by atoms with van der Waals surface area (Å²) in [5, 5.41) is 3.95. The van der Waals surface area contributed by atoms with Crippen LogP contribution < -0.4 is 0 Å². The molecule has 0 aromatic heterocycles. The van der Waals surface area contributed by atoms with Gasteiger partial charge in [0, 0.05) is 19.1 Å². The number of benzene rings is 3. The predicted octanol–water partition coefficient (Wildman–Crippen LogP) is 6.48. The van der Waals surface area contributed by atoms with Crippen LogP contribution in [0.2, 0.25) is 10.0 Å². The van der Waals surface area contributed by atoms with Gasteiger partial charge in [0.1, 0.15) is 0 Å². The zero-order valence-corrected chi connectivity index (χ0v) is 15.8. The van der Waals surface area contributed by atoms with Crippen molar-refractivity contribution in [2.75, 3.05) is 0 Å². The maximum atomic E-state index is 6.13. The van der Waals surface area contributed by atoms with Gasteiger partial charge >= 0.3 is 0 Å². The van der Waals surface area contributed by atoms with Crippen LogP contribution in [-0.4, -0.2) is 10.9 Å². The molecular formula is C22H21Cl2N. The van der Waals surface area contributed by atoms with E-state index in [-0.39, 0.29) is 0 Å². The van der Waals surface area contributed by atoms with Crippen LogP contribution in [0.25, 0.3) is 10.8 Å². The minimum absolute atomic E-state index is 0.532. The Morgan fingerprint density at radius 3 is 2.12 bits per heavy atom. The van der Waals surface area contributed by atoms with Crippen molar-refractivity contribution in [3.8, 4) is 0 Å². The molecule has 25 heavy (non-hydrogen) atoms. The Labute approximate surface area is 159 Å². The van der Waals surface area contributed by atoms with Crippen molar-refractivity contribution in [3.63, 3.8) is 0 Å². The van der Waals surface area contributed by atoms with Crippen LogP contribution in [0.3, 0.4) is 0 Å². The van der Waals surface area contributed by atoms with Crippen molar-refractivity contribution < 1.29 is 0 Å². The van der Waals surface area contributed by atoms with Crippen molar-refractivity contribution in [1.29, 1.82) is 0 Å². The van der Waals surface area contributed by atoms with E-state index < -0.39 is 0 Å². The lowest BCUT2D eigenvalue weighted by atomic mass is 10.0. The molecule has 3 aromatic rings. The van der Waals surface area contributed by atoms with Crippen LogP contribution in [0.15, 0.2) is 54.6 Å². The van der Waals surface area contributed by atoms with Gasteiger partial charge in [0.2, 0.25) is 0 Å². The summed E-state index contributed by atoms with van der Waals surface area (Å²) in [5.74, 6) is 0. The first-order valence-electron chi connectivity index (χ1n) is 8.78. The second-order valence-corrected chi connectivity index (χ2v) is 7.82. The van der Waals surface area contributed by atoms with Crippen LogP contribution in [0.5, 0.6) is 0 Å². The Morgan fingerprint density at radius 2 is 1.52 bits per heavy atom. The lowest BCUT2D eigenvalue weighted by Crippen LogP contribution is -2.28. The third-order valence-electron chi connectivity index (χ3n) is 5.27. The second-order valence-electron chi connectivity index (χ2n) is 7.01. The maximum absolute atomic E-state index is 6.13. The van der Waals surface area contributed by atoms with E-state index in [1.165, 1.54) is 27.5 Å². The molecule has 0 spiro atoms. The Kier molecular flexibility index (Phi) is 4.73. The number of rotatable bonds is 4. The highest BCUT2D eigenvalue weighted by molar-refractivity contribution is 6.42. The van der Waals surface area contributed by atoms with Gasteiger partial charge in [-0.25, -0.2) is 0 Å². The third-order valence-corrected chi connectivity index (χ3v) is 6.01. The Balaban J connectivity index is 1.43. The summed E-state index contributed by atoms with van der Waals surface area (Å²) >= 11 is 12.1. The Bertz CT molecular complexity index is 875. The fourth-order valence-corrected chi connectivity index (χ4v) is 4.01. The number of aryl methyl sites for hydroxylation is 1. The van der Waals surface area contributed by atoms with Crippen molar-refractivity contribution in [2.45, 2.75) is 38.9 Å². The molecule has 3 aromatic carbocycles. The summed E-state index contributed by atoms with van der Waals surface area (Å²) in [6, 6.07) is 19.8. The monoisotopic (exact) mass is 369 g/mol. The second kappa shape index (κ2) is 6.99. The molecule has 1 unspecified atom stereocenters. The van der Waals surface area contributed by atoms with Crippen LogP contribution in [0.1, 0.15) is 30.0 Å². The number of hydrogen-bond donors (Lipinski definition) is 0.